The third-order valence-electron chi connectivity index (χ3n) is 8.63. The van der Waals surface area contributed by atoms with Crippen LogP contribution in [0.3, 0.4) is 0 Å². The van der Waals surface area contributed by atoms with Gasteiger partial charge in [-0.2, -0.15) is 0 Å². The fourth-order valence-corrected chi connectivity index (χ4v) is 6.10. The molecule has 45 heavy (non-hydrogen) atoms. The van der Waals surface area contributed by atoms with Gasteiger partial charge in [-0.15, -0.1) is 0 Å². The summed E-state index contributed by atoms with van der Waals surface area (Å²) in [5, 5.41) is 6.12. The Morgan fingerprint density at radius 3 is 2.44 bits per heavy atom. The quantitative estimate of drug-likeness (QED) is 0.301. The highest BCUT2D eigenvalue weighted by Crippen LogP contribution is 2.44. The second-order valence-electron chi connectivity index (χ2n) is 11.7. The molecule has 2 amide bonds. The monoisotopic (exact) mass is 612 g/mol. The van der Waals surface area contributed by atoms with E-state index in [1.54, 1.807) is 32.7 Å². The zero-order valence-corrected chi connectivity index (χ0v) is 26.4. The smallest absolute Gasteiger partial charge is 0.224 e. The number of fused-ring (bicyclic) bond motifs is 1. The number of carbonyl (C=O) groups is 2. The van der Waals surface area contributed by atoms with Crippen molar-refractivity contribution in [3.63, 3.8) is 0 Å². The van der Waals surface area contributed by atoms with Crippen molar-refractivity contribution < 1.29 is 23.5 Å². The van der Waals surface area contributed by atoms with E-state index < -0.39 is 0 Å². The lowest BCUT2D eigenvalue weighted by atomic mass is 9.98. The van der Waals surface area contributed by atoms with E-state index in [-0.39, 0.29) is 30.1 Å². The van der Waals surface area contributed by atoms with Crippen LogP contribution in [-0.4, -0.2) is 62.1 Å². The molecule has 1 saturated heterocycles. The number of carbonyl (C=O) groups excluding carboxylic acids is 2. The fourth-order valence-electron chi connectivity index (χ4n) is 6.10. The van der Waals surface area contributed by atoms with E-state index in [2.05, 4.69) is 27.6 Å². The summed E-state index contributed by atoms with van der Waals surface area (Å²) in [4.78, 5) is 32.1. The summed E-state index contributed by atoms with van der Waals surface area (Å²) >= 11 is 0. The number of likely N-dealkylation sites (tertiary alicyclic amines) is 1. The van der Waals surface area contributed by atoms with Crippen LogP contribution in [-0.2, 0) is 22.6 Å². The molecular weight excluding hydrogens is 571 g/mol. The van der Waals surface area contributed by atoms with E-state index in [9.17, 15) is 14.0 Å². The zero-order valence-electron chi connectivity index (χ0n) is 26.4. The number of ether oxygens (including phenoxy) is 2. The Bertz CT molecular complexity index is 1590. The van der Waals surface area contributed by atoms with E-state index >= 15 is 0 Å². The summed E-state index contributed by atoms with van der Waals surface area (Å²) in [5.41, 5.74) is 6.71. The Hall–Kier alpha value is -4.50. The van der Waals surface area contributed by atoms with Crippen molar-refractivity contribution in [2.45, 2.75) is 51.6 Å². The van der Waals surface area contributed by atoms with Crippen molar-refractivity contribution >= 4 is 29.0 Å². The molecule has 0 saturated carbocycles. The van der Waals surface area contributed by atoms with Crippen LogP contribution in [0.1, 0.15) is 60.4 Å². The molecule has 0 bridgehead atoms. The Labute approximate surface area is 264 Å². The predicted molar refractivity (Wildman–Crippen MR) is 174 cm³/mol. The molecule has 0 spiro atoms. The summed E-state index contributed by atoms with van der Waals surface area (Å²) in [7, 11) is 5.31. The number of piperidine rings is 1. The number of aromatic nitrogens is 1. The van der Waals surface area contributed by atoms with Gasteiger partial charge in [-0.3, -0.25) is 14.6 Å². The van der Waals surface area contributed by atoms with E-state index in [0.717, 1.165) is 64.9 Å². The van der Waals surface area contributed by atoms with Gasteiger partial charge in [0.2, 0.25) is 11.8 Å². The molecule has 5 rings (SSSR count). The maximum Gasteiger partial charge on any atom is 0.224 e. The summed E-state index contributed by atoms with van der Waals surface area (Å²) in [6.07, 6.45) is 8.24. The van der Waals surface area contributed by atoms with E-state index in [1.807, 2.05) is 37.3 Å². The first-order valence-electron chi connectivity index (χ1n) is 15.4. The molecule has 1 aromatic heterocycles. The SMILES string of the molecule is COc1cc(/C=C2/C(C)=C(CC(=O)NCc3cccnc3)c3cc(F)ccc32)cc(OC)c1CCC(=O)NC1CCN(C)CC1. The van der Waals surface area contributed by atoms with Gasteiger partial charge >= 0.3 is 0 Å². The van der Waals surface area contributed by atoms with Gasteiger partial charge in [0.25, 0.3) is 0 Å². The molecular formula is C36H41FN4O4. The number of nitrogens with one attached hydrogen (secondary N) is 2. The van der Waals surface area contributed by atoms with Crippen LogP contribution < -0.4 is 20.1 Å². The van der Waals surface area contributed by atoms with Crippen LogP contribution in [0.2, 0.25) is 0 Å². The van der Waals surface area contributed by atoms with Gasteiger partial charge in [0.1, 0.15) is 17.3 Å². The number of halogens is 1. The topological polar surface area (TPSA) is 92.8 Å². The summed E-state index contributed by atoms with van der Waals surface area (Å²) < 4.78 is 26.0. The number of benzene rings is 2. The first-order chi connectivity index (χ1) is 21.7. The van der Waals surface area contributed by atoms with Crippen molar-refractivity contribution in [2.24, 2.45) is 0 Å². The van der Waals surface area contributed by atoms with Crippen LogP contribution in [0, 0.1) is 5.82 Å². The molecule has 1 aliphatic heterocycles. The number of hydrogen-bond donors (Lipinski definition) is 2. The van der Waals surface area contributed by atoms with E-state index in [0.29, 0.717) is 36.4 Å². The third kappa shape index (κ3) is 7.78. The molecule has 9 heteroatoms. The largest absolute Gasteiger partial charge is 0.496 e. The van der Waals surface area contributed by atoms with Crippen molar-refractivity contribution in [1.82, 2.24) is 20.5 Å². The first-order valence-corrected chi connectivity index (χ1v) is 15.4. The van der Waals surface area contributed by atoms with E-state index in [4.69, 9.17) is 9.47 Å². The number of methoxy groups -OCH3 is 2. The molecule has 1 fully saturated rings. The summed E-state index contributed by atoms with van der Waals surface area (Å²) in [5.74, 6) is 0.762. The highest BCUT2D eigenvalue weighted by Gasteiger charge is 2.26. The van der Waals surface area contributed by atoms with Crippen molar-refractivity contribution in [3.05, 3.63) is 94.1 Å². The third-order valence-corrected chi connectivity index (χ3v) is 8.63. The first kappa shape index (κ1) is 31.9. The molecule has 8 nitrogen and oxygen atoms in total. The van der Waals surface area contributed by atoms with E-state index in [1.165, 1.54) is 12.1 Å². The van der Waals surface area contributed by atoms with Gasteiger partial charge in [0.15, 0.2) is 0 Å². The fraction of sp³-hybridized carbons (Fsp3) is 0.361. The molecule has 3 aromatic rings. The minimum absolute atomic E-state index is 0.0208. The predicted octanol–water partition coefficient (Wildman–Crippen LogP) is 5.42. The van der Waals surface area contributed by atoms with Gasteiger partial charge in [-0.1, -0.05) is 12.1 Å². The highest BCUT2D eigenvalue weighted by atomic mass is 19.1. The number of rotatable bonds is 11. The Morgan fingerprint density at radius 2 is 1.78 bits per heavy atom. The number of allylic oxidation sites excluding steroid dienone is 2. The van der Waals surface area contributed by atoms with Crippen LogP contribution in [0.4, 0.5) is 4.39 Å². The minimum Gasteiger partial charge on any atom is -0.496 e. The van der Waals surface area contributed by atoms with Crippen LogP contribution >= 0.6 is 0 Å². The lowest BCUT2D eigenvalue weighted by molar-refractivity contribution is -0.122. The number of amides is 2. The zero-order chi connectivity index (χ0) is 31.9. The molecule has 2 aliphatic rings. The molecule has 0 unspecified atom stereocenters. The van der Waals surface area contributed by atoms with Gasteiger partial charge in [-0.25, -0.2) is 4.39 Å². The standard InChI is InChI=1S/C36H41FN4O4/c1-23-30(28-8-7-26(37)19-32(28)31(23)20-36(43)39-22-24-6-5-13-38-21-24)16-25-17-33(44-3)29(34(18-25)45-4)9-10-35(42)40-27-11-14-41(2)15-12-27/h5-8,13,16-19,21,27H,9-12,14-15,20,22H2,1-4H3,(H,39,43)(H,40,42)/b30-16-. The average molecular weight is 613 g/mol. The van der Waals surface area contributed by atoms with Crippen molar-refractivity contribution in [2.75, 3.05) is 34.4 Å². The molecule has 2 heterocycles. The van der Waals surface area contributed by atoms with Gasteiger partial charge in [0, 0.05) is 37.0 Å². The Balaban J connectivity index is 1.36. The number of pyridine rings is 1. The molecule has 236 valence electrons. The summed E-state index contributed by atoms with van der Waals surface area (Å²) in [6.45, 7) is 4.29. The second kappa shape index (κ2) is 14.5. The maximum absolute atomic E-state index is 14.4. The number of hydrogen-bond acceptors (Lipinski definition) is 6. The molecule has 1 aliphatic carbocycles. The highest BCUT2D eigenvalue weighted by molar-refractivity contribution is 6.08. The minimum atomic E-state index is -0.358. The van der Waals surface area contributed by atoms with Gasteiger partial charge in [-0.05, 0) is 122 Å². The number of nitrogens with zero attached hydrogens (tertiary/aromatic N) is 2. The Morgan fingerprint density at radius 1 is 1.04 bits per heavy atom. The molecule has 2 N–H and O–H groups in total. The van der Waals surface area contributed by atoms with Crippen molar-refractivity contribution in [1.29, 1.82) is 0 Å². The normalized spacial score (nSPS) is 16.1. The van der Waals surface area contributed by atoms with Gasteiger partial charge in [0.05, 0.1) is 20.6 Å². The van der Waals surface area contributed by atoms with Crippen LogP contribution in [0.15, 0.2) is 60.4 Å². The van der Waals surface area contributed by atoms with Crippen molar-refractivity contribution in [3.8, 4) is 11.5 Å². The van der Waals surface area contributed by atoms with Crippen LogP contribution in [0.5, 0.6) is 11.5 Å². The van der Waals surface area contributed by atoms with Gasteiger partial charge < -0.3 is 25.0 Å². The second-order valence-corrected chi connectivity index (χ2v) is 11.7. The lowest BCUT2D eigenvalue weighted by Gasteiger charge is -2.29. The van der Waals surface area contributed by atoms with Crippen LogP contribution in [0.25, 0.3) is 17.2 Å². The summed E-state index contributed by atoms with van der Waals surface area (Å²) in [6, 6.07) is 12.5. The lowest BCUT2D eigenvalue weighted by Crippen LogP contribution is -2.43. The molecule has 2 aromatic carbocycles. The molecule has 0 atom stereocenters. The maximum atomic E-state index is 14.4. The molecule has 0 radical (unpaired) electrons. The Kier molecular flexibility index (Phi) is 10.3. The average Bonchev–Trinajstić information content (AvgIpc) is 3.29.